The molecule has 4 nitrogen and oxygen atoms in total. The van der Waals surface area contributed by atoms with Crippen molar-refractivity contribution in [2.24, 2.45) is 0 Å². The molecule has 3 aromatic rings. The molecular formula is C16H14N2O2. The van der Waals surface area contributed by atoms with Crippen molar-refractivity contribution in [3.05, 3.63) is 60.0 Å². The summed E-state index contributed by atoms with van der Waals surface area (Å²) >= 11 is 0. The van der Waals surface area contributed by atoms with Crippen LogP contribution in [0.4, 0.5) is 5.69 Å². The molecule has 0 saturated carbocycles. The number of anilines is 1. The van der Waals surface area contributed by atoms with Crippen LogP contribution in [-0.2, 0) is 6.42 Å². The Morgan fingerprint density at radius 1 is 1.25 bits per heavy atom. The maximum absolute atomic E-state index is 12.3. The molecule has 2 aromatic carbocycles. The van der Waals surface area contributed by atoms with Gasteiger partial charge in [0.15, 0.2) is 12.0 Å². The highest BCUT2D eigenvalue weighted by Crippen LogP contribution is 2.18. The van der Waals surface area contributed by atoms with Gasteiger partial charge < -0.3 is 9.73 Å². The molecule has 0 aliphatic carbocycles. The van der Waals surface area contributed by atoms with E-state index < -0.39 is 0 Å². The molecule has 1 N–H and O–H groups in total. The van der Waals surface area contributed by atoms with Gasteiger partial charge in [0, 0.05) is 11.3 Å². The molecular weight excluding hydrogens is 252 g/mol. The summed E-state index contributed by atoms with van der Waals surface area (Å²) in [6.07, 6.45) is 2.25. The molecule has 0 unspecified atom stereocenters. The van der Waals surface area contributed by atoms with Gasteiger partial charge in [-0.15, -0.1) is 0 Å². The Labute approximate surface area is 116 Å². The Hall–Kier alpha value is -2.62. The SMILES string of the molecule is CCc1ccccc1NC(=O)c1ccc2ocnc2c1. The van der Waals surface area contributed by atoms with Crippen molar-refractivity contribution < 1.29 is 9.21 Å². The molecule has 20 heavy (non-hydrogen) atoms. The lowest BCUT2D eigenvalue weighted by Crippen LogP contribution is -2.13. The van der Waals surface area contributed by atoms with Crippen molar-refractivity contribution in [1.82, 2.24) is 4.98 Å². The number of aromatic nitrogens is 1. The van der Waals surface area contributed by atoms with E-state index in [2.05, 4.69) is 17.2 Å². The fraction of sp³-hybridized carbons (Fsp3) is 0.125. The molecule has 0 fully saturated rings. The van der Waals surface area contributed by atoms with Crippen LogP contribution in [-0.4, -0.2) is 10.9 Å². The number of rotatable bonds is 3. The third-order valence-corrected chi connectivity index (χ3v) is 3.24. The van der Waals surface area contributed by atoms with Crippen LogP contribution in [0.1, 0.15) is 22.8 Å². The van der Waals surface area contributed by atoms with Crippen LogP contribution in [0.5, 0.6) is 0 Å². The third-order valence-electron chi connectivity index (χ3n) is 3.24. The lowest BCUT2D eigenvalue weighted by molar-refractivity contribution is 0.102. The molecule has 0 aliphatic heterocycles. The first-order valence-corrected chi connectivity index (χ1v) is 6.50. The number of oxazole rings is 1. The summed E-state index contributed by atoms with van der Waals surface area (Å²) in [4.78, 5) is 16.3. The maximum Gasteiger partial charge on any atom is 0.255 e. The second-order valence-electron chi connectivity index (χ2n) is 4.50. The molecule has 100 valence electrons. The number of nitrogens with one attached hydrogen (secondary N) is 1. The van der Waals surface area contributed by atoms with E-state index in [1.807, 2.05) is 24.3 Å². The van der Waals surface area contributed by atoms with Crippen molar-refractivity contribution in [3.8, 4) is 0 Å². The van der Waals surface area contributed by atoms with Crippen LogP contribution in [0.25, 0.3) is 11.1 Å². The van der Waals surface area contributed by atoms with Gasteiger partial charge in [0.1, 0.15) is 5.52 Å². The van der Waals surface area contributed by atoms with Gasteiger partial charge in [-0.2, -0.15) is 0 Å². The molecule has 0 aliphatic rings. The van der Waals surface area contributed by atoms with Gasteiger partial charge in [-0.05, 0) is 36.2 Å². The Bertz CT molecular complexity index is 762. The topological polar surface area (TPSA) is 55.1 Å². The van der Waals surface area contributed by atoms with Crippen molar-refractivity contribution in [3.63, 3.8) is 0 Å². The van der Waals surface area contributed by atoms with Gasteiger partial charge in [0.2, 0.25) is 0 Å². The minimum atomic E-state index is -0.143. The zero-order valence-electron chi connectivity index (χ0n) is 11.1. The quantitative estimate of drug-likeness (QED) is 0.787. The van der Waals surface area contributed by atoms with E-state index in [9.17, 15) is 4.79 Å². The second kappa shape index (κ2) is 5.17. The molecule has 4 heteroatoms. The van der Waals surface area contributed by atoms with Crippen LogP contribution in [0.2, 0.25) is 0 Å². The molecule has 0 bridgehead atoms. The molecule has 0 spiro atoms. The number of hydrogen-bond acceptors (Lipinski definition) is 3. The predicted molar refractivity (Wildman–Crippen MR) is 77.8 cm³/mol. The van der Waals surface area contributed by atoms with E-state index in [0.717, 1.165) is 17.7 Å². The summed E-state index contributed by atoms with van der Waals surface area (Å²) in [6.45, 7) is 2.06. The normalized spacial score (nSPS) is 10.7. The third kappa shape index (κ3) is 2.28. The second-order valence-corrected chi connectivity index (χ2v) is 4.50. The highest BCUT2D eigenvalue weighted by atomic mass is 16.3. The van der Waals surface area contributed by atoms with Gasteiger partial charge in [0.25, 0.3) is 5.91 Å². The molecule has 0 saturated heterocycles. The zero-order chi connectivity index (χ0) is 13.9. The van der Waals surface area contributed by atoms with Crippen LogP contribution < -0.4 is 5.32 Å². The van der Waals surface area contributed by atoms with Gasteiger partial charge >= 0.3 is 0 Å². The summed E-state index contributed by atoms with van der Waals surface area (Å²) in [5.74, 6) is -0.143. The average Bonchev–Trinajstić information content (AvgIpc) is 2.95. The maximum atomic E-state index is 12.3. The number of nitrogens with zero attached hydrogens (tertiary/aromatic N) is 1. The molecule has 0 radical (unpaired) electrons. The number of para-hydroxylation sites is 1. The Kier molecular flexibility index (Phi) is 3.21. The van der Waals surface area contributed by atoms with Gasteiger partial charge in [-0.1, -0.05) is 25.1 Å². The number of fused-ring (bicyclic) bond motifs is 1. The fourth-order valence-corrected chi connectivity index (χ4v) is 2.14. The first-order chi connectivity index (χ1) is 9.78. The molecule has 3 rings (SSSR count). The predicted octanol–water partition coefficient (Wildman–Crippen LogP) is 3.64. The number of carbonyl (C=O) groups is 1. The standard InChI is InChI=1S/C16H14N2O2/c1-2-11-5-3-4-6-13(11)18-16(19)12-7-8-15-14(9-12)17-10-20-15/h3-10H,2H2,1H3,(H,18,19). The number of amides is 1. The monoisotopic (exact) mass is 266 g/mol. The van der Waals surface area contributed by atoms with E-state index in [-0.39, 0.29) is 5.91 Å². The highest BCUT2D eigenvalue weighted by molar-refractivity contribution is 6.06. The summed E-state index contributed by atoms with van der Waals surface area (Å²) < 4.78 is 5.16. The van der Waals surface area contributed by atoms with E-state index >= 15 is 0 Å². The van der Waals surface area contributed by atoms with Gasteiger partial charge in [0.05, 0.1) is 0 Å². The van der Waals surface area contributed by atoms with E-state index in [4.69, 9.17) is 4.42 Å². The fourth-order valence-electron chi connectivity index (χ4n) is 2.14. The van der Waals surface area contributed by atoms with Crippen LogP contribution in [0.15, 0.2) is 53.3 Å². The summed E-state index contributed by atoms with van der Waals surface area (Å²) in [7, 11) is 0. The number of carbonyl (C=O) groups excluding carboxylic acids is 1. The first-order valence-electron chi connectivity index (χ1n) is 6.50. The highest BCUT2D eigenvalue weighted by Gasteiger charge is 2.10. The van der Waals surface area contributed by atoms with Crippen molar-refractivity contribution in [2.45, 2.75) is 13.3 Å². The lowest BCUT2D eigenvalue weighted by atomic mass is 10.1. The Balaban J connectivity index is 1.88. The minimum Gasteiger partial charge on any atom is -0.443 e. The number of hydrogen-bond donors (Lipinski definition) is 1. The van der Waals surface area contributed by atoms with E-state index in [1.54, 1.807) is 18.2 Å². The number of benzene rings is 2. The molecule has 1 amide bonds. The van der Waals surface area contributed by atoms with Crippen LogP contribution >= 0.6 is 0 Å². The average molecular weight is 266 g/mol. The van der Waals surface area contributed by atoms with Crippen LogP contribution in [0.3, 0.4) is 0 Å². The summed E-state index contributed by atoms with van der Waals surface area (Å²) in [6, 6.07) is 13.0. The number of aryl methyl sites for hydroxylation is 1. The largest absolute Gasteiger partial charge is 0.443 e. The first kappa shape index (κ1) is 12.4. The summed E-state index contributed by atoms with van der Waals surface area (Å²) in [5.41, 5.74) is 3.89. The molecule has 1 aromatic heterocycles. The van der Waals surface area contributed by atoms with Crippen molar-refractivity contribution >= 4 is 22.7 Å². The van der Waals surface area contributed by atoms with E-state index in [0.29, 0.717) is 16.7 Å². The Morgan fingerprint density at radius 2 is 2.10 bits per heavy atom. The smallest absolute Gasteiger partial charge is 0.255 e. The lowest BCUT2D eigenvalue weighted by Gasteiger charge is -2.09. The van der Waals surface area contributed by atoms with Crippen LogP contribution in [0, 0.1) is 0 Å². The van der Waals surface area contributed by atoms with Crippen molar-refractivity contribution in [2.75, 3.05) is 5.32 Å². The zero-order valence-corrected chi connectivity index (χ0v) is 11.1. The van der Waals surface area contributed by atoms with Crippen molar-refractivity contribution in [1.29, 1.82) is 0 Å². The summed E-state index contributed by atoms with van der Waals surface area (Å²) in [5, 5.41) is 2.94. The molecule has 1 heterocycles. The minimum absolute atomic E-state index is 0.143. The molecule has 0 atom stereocenters. The van der Waals surface area contributed by atoms with E-state index in [1.165, 1.54) is 6.39 Å². The van der Waals surface area contributed by atoms with Gasteiger partial charge in [-0.25, -0.2) is 4.98 Å². The Morgan fingerprint density at radius 3 is 2.95 bits per heavy atom. The van der Waals surface area contributed by atoms with Gasteiger partial charge in [-0.3, -0.25) is 4.79 Å².